The molecule has 0 radical (unpaired) electrons. The number of carbonyl (C=O) groups is 1. The smallest absolute Gasteiger partial charge is 0.347 e. The number of rotatable bonds is 12. The lowest BCUT2D eigenvalue weighted by Gasteiger charge is -2.32. The Hall–Kier alpha value is -2.17. The van der Waals surface area contributed by atoms with Crippen molar-refractivity contribution in [2.75, 3.05) is 26.3 Å². The van der Waals surface area contributed by atoms with Gasteiger partial charge >= 0.3 is 5.97 Å². The van der Waals surface area contributed by atoms with E-state index in [9.17, 15) is 4.79 Å². The molecular formula is C23H31NO3. The molecular weight excluding hydrogens is 338 g/mol. The molecule has 0 heterocycles. The fourth-order valence-corrected chi connectivity index (χ4v) is 2.99. The molecule has 1 N–H and O–H groups in total. The van der Waals surface area contributed by atoms with E-state index in [0.717, 1.165) is 43.5 Å². The summed E-state index contributed by atoms with van der Waals surface area (Å²) in [6.45, 7) is 6.81. The Bertz CT molecular complexity index is 618. The van der Waals surface area contributed by atoms with Crippen LogP contribution in [0.5, 0.6) is 0 Å². The van der Waals surface area contributed by atoms with Crippen LogP contribution in [0.25, 0.3) is 0 Å². The van der Waals surface area contributed by atoms with E-state index in [-0.39, 0.29) is 5.97 Å². The first kappa shape index (κ1) is 21.1. The predicted octanol–water partition coefficient (Wildman–Crippen LogP) is 4.29. The summed E-state index contributed by atoms with van der Waals surface area (Å²) < 4.78 is 11.9. The predicted molar refractivity (Wildman–Crippen MR) is 109 cm³/mol. The number of hydrogen-bond donors (Lipinski definition) is 1. The Morgan fingerprint density at radius 2 is 1.44 bits per heavy atom. The van der Waals surface area contributed by atoms with E-state index in [1.165, 1.54) is 0 Å². The van der Waals surface area contributed by atoms with E-state index in [2.05, 4.69) is 12.2 Å². The first-order chi connectivity index (χ1) is 13.3. The molecule has 0 spiro atoms. The van der Waals surface area contributed by atoms with Crippen LogP contribution < -0.4 is 5.32 Å². The minimum absolute atomic E-state index is 0.358. The Kier molecular flexibility index (Phi) is 9.02. The van der Waals surface area contributed by atoms with Gasteiger partial charge in [0.1, 0.15) is 0 Å². The van der Waals surface area contributed by atoms with Gasteiger partial charge in [0.25, 0.3) is 0 Å². The van der Waals surface area contributed by atoms with Crippen molar-refractivity contribution in [2.45, 2.75) is 38.7 Å². The van der Waals surface area contributed by atoms with E-state index >= 15 is 0 Å². The Balaban J connectivity index is 2.26. The number of benzene rings is 2. The van der Waals surface area contributed by atoms with Gasteiger partial charge in [-0.2, -0.15) is 0 Å². The van der Waals surface area contributed by atoms with Gasteiger partial charge in [0.2, 0.25) is 5.60 Å². The molecule has 0 atom stereocenters. The Labute approximate surface area is 162 Å². The molecule has 0 aliphatic heterocycles. The fraction of sp³-hybridized carbons (Fsp3) is 0.435. The number of carbonyl (C=O) groups excluding carboxylic acids is 1. The fourth-order valence-electron chi connectivity index (χ4n) is 2.99. The van der Waals surface area contributed by atoms with Crippen LogP contribution in [-0.2, 0) is 19.9 Å². The maximum atomic E-state index is 13.3. The summed E-state index contributed by atoms with van der Waals surface area (Å²) in [4.78, 5) is 13.3. The highest BCUT2D eigenvalue weighted by Crippen LogP contribution is 2.35. The number of esters is 1. The minimum atomic E-state index is -1.24. The van der Waals surface area contributed by atoms with Crippen molar-refractivity contribution in [3.05, 3.63) is 71.8 Å². The summed E-state index contributed by atoms with van der Waals surface area (Å²) in [5.74, 6) is -0.358. The zero-order chi connectivity index (χ0) is 19.4. The molecule has 2 aromatic carbocycles. The molecule has 0 aliphatic carbocycles. The molecule has 0 bridgehead atoms. The third-order valence-corrected chi connectivity index (χ3v) is 4.33. The second-order valence-electron chi connectivity index (χ2n) is 6.50. The Morgan fingerprint density at radius 1 is 0.852 bits per heavy atom. The van der Waals surface area contributed by atoms with Crippen molar-refractivity contribution in [3.63, 3.8) is 0 Å². The molecule has 0 fully saturated rings. The molecule has 0 amide bonds. The van der Waals surface area contributed by atoms with Crippen LogP contribution in [0, 0.1) is 0 Å². The largest absolute Gasteiger partial charge is 0.463 e. The van der Waals surface area contributed by atoms with Gasteiger partial charge < -0.3 is 14.8 Å². The molecule has 0 aromatic heterocycles. The van der Waals surface area contributed by atoms with Crippen LogP contribution in [0.15, 0.2) is 60.7 Å². The molecule has 0 aliphatic rings. The summed E-state index contributed by atoms with van der Waals surface area (Å²) in [6, 6.07) is 19.2. The quantitative estimate of drug-likeness (QED) is 0.448. The van der Waals surface area contributed by atoms with Crippen molar-refractivity contribution in [2.24, 2.45) is 0 Å². The monoisotopic (exact) mass is 369 g/mol. The van der Waals surface area contributed by atoms with Gasteiger partial charge in [-0.1, -0.05) is 74.5 Å². The van der Waals surface area contributed by atoms with Crippen LogP contribution in [0.2, 0.25) is 0 Å². The molecule has 146 valence electrons. The highest BCUT2D eigenvalue weighted by Gasteiger charge is 2.44. The van der Waals surface area contributed by atoms with Crippen LogP contribution >= 0.6 is 0 Å². The molecule has 0 saturated carbocycles. The average Bonchev–Trinajstić information content (AvgIpc) is 2.73. The maximum Gasteiger partial charge on any atom is 0.347 e. The summed E-state index contributed by atoms with van der Waals surface area (Å²) >= 11 is 0. The Morgan fingerprint density at radius 3 is 1.96 bits per heavy atom. The molecule has 2 rings (SSSR count). The third-order valence-electron chi connectivity index (χ3n) is 4.33. The molecule has 0 saturated heterocycles. The zero-order valence-corrected chi connectivity index (χ0v) is 16.4. The van der Waals surface area contributed by atoms with E-state index < -0.39 is 5.60 Å². The highest BCUT2D eigenvalue weighted by molar-refractivity contribution is 5.85. The lowest BCUT2D eigenvalue weighted by molar-refractivity contribution is -0.169. The van der Waals surface area contributed by atoms with Gasteiger partial charge in [0, 0.05) is 6.61 Å². The molecule has 2 aromatic rings. The van der Waals surface area contributed by atoms with Crippen molar-refractivity contribution in [3.8, 4) is 0 Å². The first-order valence-corrected chi connectivity index (χ1v) is 9.88. The number of hydrogen-bond acceptors (Lipinski definition) is 4. The normalized spacial score (nSPS) is 11.3. The summed E-state index contributed by atoms with van der Waals surface area (Å²) in [5, 5.41) is 3.32. The molecule has 27 heavy (non-hydrogen) atoms. The highest BCUT2D eigenvalue weighted by atomic mass is 16.6. The topological polar surface area (TPSA) is 47.6 Å². The maximum absolute atomic E-state index is 13.3. The van der Waals surface area contributed by atoms with E-state index in [1.807, 2.05) is 67.6 Å². The SMILES string of the molecule is CCCNCCCOC(=O)C(OCCC)(c1ccccc1)c1ccccc1. The van der Waals surface area contributed by atoms with Crippen LogP contribution in [0.3, 0.4) is 0 Å². The second kappa shape index (κ2) is 11.5. The molecule has 0 unspecified atom stereocenters. The van der Waals surface area contributed by atoms with Crippen molar-refractivity contribution >= 4 is 5.97 Å². The van der Waals surface area contributed by atoms with E-state index in [0.29, 0.717) is 13.2 Å². The summed E-state index contributed by atoms with van der Waals surface area (Å²) in [6.07, 6.45) is 2.69. The third kappa shape index (κ3) is 5.65. The van der Waals surface area contributed by atoms with Gasteiger partial charge in [-0.25, -0.2) is 4.79 Å². The van der Waals surface area contributed by atoms with Crippen molar-refractivity contribution in [1.29, 1.82) is 0 Å². The van der Waals surface area contributed by atoms with Gasteiger partial charge in [-0.3, -0.25) is 0 Å². The van der Waals surface area contributed by atoms with Crippen molar-refractivity contribution in [1.82, 2.24) is 5.32 Å². The van der Waals surface area contributed by atoms with E-state index in [1.54, 1.807) is 0 Å². The lowest BCUT2D eigenvalue weighted by Crippen LogP contribution is -2.42. The van der Waals surface area contributed by atoms with Crippen LogP contribution in [0.4, 0.5) is 0 Å². The minimum Gasteiger partial charge on any atom is -0.463 e. The van der Waals surface area contributed by atoms with Gasteiger partial charge in [-0.05, 0) is 43.5 Å². The van der Waals surface area contributed by atoms with E-state index in [4.69, 9.17) is 9.47 Å². The summed E-state index contributed by atoms with van der Waals surface area (Å²) in [7, 11) is 0. The lowest BCUT2D eigenvalue weighted by atomic mass is 9.86. The van der Waals surface area contributed by atoms with Crippen molar-refractivity contribution < 1.29 is 14.3 Å². The van der Waals surface area contributed by atoms with Gasteiger partial charge in [0.15, 0.2) is 0 Å². The van der Waals surface area contributed by atoms with Gasteiger partial charge in [0.05, 0.1) is 6.61 Å². The molecule has 4 nitrogen and oxygen atoms in total. The number of nitrogens with one attached hydrogen (secondary N) is 1. The standard InChI is InChI=1S/C23H31NO3/c1-3-16-24-17-11-19-26-22(25)23(27-18-4-2,20-12-7-5-8-13-20)21-14-9-6-10-15-21/h5-10,12-15,24H,3-4,11,16-19H2,1-2H3. The summed E-state index contributed by atoms with van der Waals surface area (Å²) in [5.41, 5.74) is 0.340. The van der Waals surface area contributed by atoms with Crippen LogP contribution in [0.1, 0.15) is 44.2 Å². The second-order valence-corrected chi connectivity index (χ2v) is 6.50. The average molecular weight is 370 g/mol. The van der Waals surface area contributed by atoms with Gasteiger partial charge in [-0.15, -0.1) is 0 Å². The molecule has 4 heteroatoms. The number of ether oxygens (including phenoxy) is 2. The van der Waals surface area contributed by atoms with Crippen LogP contribution in [-0.4, -0.2) is 32.3 Å². The zero-order valence-electron chi connectivity index (χ0n) is 16.4. The first-order valence-electron chi connectivity index (χ1n) is 9.88.